The van der Waals surface area contributed by atoms with E-state index >= 15 is 0 Å². The summed E-state index contributed by atoms with van der Waals surface area (Å²) in [5.41, 5.74) is 5.30. The maximum absolute atomic E-state index is 12.4. The molecule has 0 spiro atoms. The van der Waals surface area contributed by atoms with Gasteiger partial charge >= 0.3 is 0 Å². The summed E-state index contributed by atoms with van der Waals surface area (Å²) < 4.78 is 0. The van der Waals surface area contributed by atoms with Crippen LogP contribution in [0.15, 0.2) is 0 Å². The molecule has 2 fully saturated rings. The second-order valence-corrected chi connectivity index (χ2v) is 6.18. The van der Waals surface area contributed by atoms with Crippen LogP contribution in [0.4, 0.5) is 0 Å². The third-order valence-electron chi connectivity index (χ3n) is 4.60. The molecule has 1 aliphatic carbocycles. The van der Waals surface area contributed by atoms with E-state index in [-0.39, 0.29) is 18.5 Å². The summed E-state index contributed by atoms with van der Waals surface area (Å²) in [5.74, 6) is 0.396. The molecule has 3 N–H and O–H groups in total. The van der Waals surface area contributed by atoms with Crippen LogP contribution < -0.4 is 11.1 Å². The van der Waals surface area contributed by atoms with Gasteiger partial charge in [-0.2, -0.15) is 0 Å². The molecule has 2 rings (SSSR count). The minimum atomic E-state index is -0.412. The van der Waals surface area contributed by atoms with Crippen LogP contribution in [0.3, 0.4) is 0 Å². The van der Waals surface area contributed by atoms with Gasteiger partial charge in [-0.3, -0.25) is 9.59 Å². The molecule has 0 bridgehead atoms. The van der Waals surface area contributed by atoms with E-state index in [9.17, 15) is 9.59 Å². The van der Waals surface area contributed by atoms with Crippen molar-refractivity contribution in [1.82, 2.24) is 10.2 Å². The first-order valence-corrected chi connectivity index (χ1v) is 7.95. The van der Waals surface area contributed by atoms with Gasteiger partial charge in [0.05, 0.1) is 6.54 Å². The second kappa shape index (κ2) is 7.62. The first-order valence-electron chi connectivity index (χ1n) is 7.95. The number of hydrogen-bond acceptors (Lipinski definition) is 3. The number of nitrogens with one attached hydrogen (secondary N) is 1. The maximum atomic E-state index is 12.4. The van der Waals surface area contributed by atoms with E-state index in [0.29, 0.717) is 12.3 Å². The number of nitrogens with two attached hydrogens (primary N) is 1. The Labute approximate surface area is 121 Å². The Morgan fingerprint density at radius 1 is 1.15 bits per heavy atom. The molecule has 1 atom stereocenters. The van der Waals surface area contributed by atoms with E-state index < -0.39 is 5.91 Å². The lowest BCUT2D eigenvalue weighted by Crippen LogP contribution is -2.51. The molecule has 5 heteroatoms. The average Bonchev–Trinajstić information content (AvgIpc) is 2.96. The Bertz CT molecular complexity index is 334. The van der Waals surface area contributed by atoms with Crippen molar-refractivity contribution in [2.75, 3.05) is 19.6 Å². The highest BCUT2D eigenvalue weighted by atomic mass is 16.2. The molecule has 0 aromatic heterocycles. The molecule has 1 saturated carbocycles. The highest BCUT2D eigenvalue weighted by Crippen LogP contribution is 2.29. The Morgan fingerprint density at radius 3 is 2.50 bits per heavy atom. The van der Waals surface area contributed by atoms with E-state index in [1.54, 1.807) is 4.90 Å². The zero-order chi connectivity index (χ0) is 14.4. The monoisotopic (exact) mass is 281 g/mol. The highest BCUT2D eigenvalue weighted by molar-refractivity contribution is 5.84. The molecule has 0 aromatic carbocycles. The minimum absolute atomic E-state index is 0.0653. The zero-order valence-electron chi connectivity index (χ0n) is 12.3. The number of amides is 2. The fraction of sp³-hybridized carbons (Fsp3) is 0.867. The van der Waals surface area contributed by atoms with Crippen LogP contribution in [0.2, 0.25) is 0 Å². The smallest absolute Gasteiger partial charge is 0.237 e. The van der Waals surface area contributed by atoms with Gasteiger partial charge in [-0.05, 0) is 31.7 Å². The predicted molar refractivity (Wildman–Crippen MR) is 78.0 cm³/mol. The fourth-order valence-corrected chi connectivity index (χ4v) is 3.46. The van der Waals surface area contributed by atoms with Gasteiger partial charge in [-0.25, -0.2) is 0 Å². The Kier molecular flexibility index (Phi) is 5.83. The topological polar surface area (TPSA) is 75.4 Å². The number of nitrogens with zero attached hydrogens (tertiary/aromatic N) is 1. The average molecular weight is 281 g/mol. The quantitative estimate of drug-likeness (QED) is 0.763. The van der Waals surface area contributed by atoms with Crippen molar-refractivity contribution >= 4 is 11.8 Å². The van der Waals surface area contributed by atoms with Crippen molar-refractivity contribution < 1.29 is 9.59 Å². The first kappa shape index (κ1) is 15.3. The van der Waals surface area contributed by atoms with Gasteiger partial charge in [-0.1, -0.05) is 25.7 Å². The van der Waals surface area contributed by atoms with Gasteiger partial charge in [0, 0.05) is 19.0 Å². The largest absolute Gasteiger partial charge is 0.368 e. The first-order chi connectivity index (χ1) is 9.66. The molecule has 0 radical (unpaired) electrons. The molecular weight excluding hydrogens is 254 g/mol. The minimum Gasteiger partial charge on any atom is -0.368 e. The maximum Gasteiger partial charge on any atom is 0.237 e. The number of rotatable bonds is 6. The van der Waals surface area contributed by atoms with Crippen molar-refractivity contribution in [3.05, 3.63) is 0 Å². The predicted octanol–water partition coefficient (Wildman–Crippen LogP) is 1.02. The van der Waals surface area contributed by atoms with E-state index in [4.69, 9.17) is 5.73 Å². The normalized spacial score (nSPS) is 23.7. The summed E-state index contributed by atoms with van der Waals surface area (Å²) in [5, 5.41) is 3.29. The van der Waals surface area contributed by atoms with Crippen LogP contribution in [-0.4, -0.2) is 42.4 Å². The molecule has 5 nitrogen and oxygen atoms in total. The van der Waals surface area contributed by atoms with Gasteiger partial charge < -0.3 is 16.0 Å². The molecule has 1 aliphatic heterocycles. The molecule has 1 heterocycles. The third-order valence-corrected chi connectivity index (χ3v) is 4.60. The molecule has 0 aromatic rings. The SMILES string of the molecule is NC(=O)CN(C(=O)CCC1CCCC1)C1CCCNC1. The number of hydrogen-bond donors (Lipinski definition) is 2. The van der Waals surface area contributed by atoms with Gasteiger partial charge in [0.2, 0.25) is 11.8 Å². The van der Waals surface area contributed by atoms with Gasteiger partial charge in [0.25, 0.3) is 0 Å². The van der Waals surface area contributed by atoms with Crippen molar-refractivity contribution in [3.8, 4) is 0 Å². The van der Waals surface area contributed by atoms with Crippen molar-refractivity contribution in [3.63, 3.8) is 0 Å². The lowest BCUT2D eigenvalue weighted by atomic mass is 10.00. The van der Waals surface area contributed by atoms with Crippen LogP contribution >= 0.6 is 0 Å². The third kappa shape index (κ3) is 4.47. The number of primary amides is 1. The Hall–Kier alpha value is -1.10. The Balaban J connectivity index is 1.86. The second-order valence-electron chi connectivity index (χ2n) is 6.18. The van der Waals surface area contributed by atoms with E-state index in [2.05, 4.69) is 5.32 Å². The molecule has 2 aliphatic rings. The zero-order valence-corrected chi connectivity index (χ0v) is 12.3. The number of carbonyl (C=O) groups is 2. The standard InChI is InChI=1S/C15H27N3O2/c16-14(19)11-18(13-6-3-9-17-10-13)15(20)8-7-12-4-1-2-5-12/h12-13,17H,1-11H2,(H2,16,19). The summed E-state index contributed by atoms with van der Waals surface area (Å²) in [4.78, 5) is 25.4. The van der Waals surface area contributed by atoms with Gasteiger partial charge in [0.15, 0.2) is 0 Å². The van der Waals surface area contributed by atoms with Crippen LogP contribution in [0, 0.1) is 5.92 Å². The van der Waals surface area contributed by atoms with Crippen LogP contribution in [0.1, 0.15) is 51.4 Å². The van der Waals surface area contributed by atoms with E-state index in [1.165, 1.54) is 25.7 Å². The lowest BCUT2D eigenvalue weighted by molar-refractivity contribution is -0.138. The number of piperidine rings is 1. The van der Waals surface area contributed by atoms with Gasteiger partial charge in [0.1, 0.15) is 0 Å². The number of carbonyl (C=O) groups excluding carboxylic acids is 2. The van der Waals surface area contributed by atoms with Crippen molar-refractivity contribution in [2.45, 2.75) is 57.4 Å². The van der Waals surface area contributed by atoms with Crippen molar-refractivity contribution in [1.29, 1.82) is 0 Å². The molecule has 1 unspecified atom stereocenters. The molecule has 2 amide bonds. The van der Waals surface area contributed by atoms with E-state index in [1.807, 2.05) is 0 Å². The van der Waals surface area contributed by atoms with E-state index in [0.717, 1.165) is 32.4 Å². The lowest BCUT2D eigenvalue weighted by Gasteiger charge is -2.34. The van der Waals surface area contributed by atoms with Crippen LogP contribution in [0.5, 0.6) is 0 Å². The molecule has 20 heavy (non-hydrogen) atoms. The molecular formula is C15H27N3O2. The Morgan fingerprint density at radius 2 is 1.90 bits per heavy atom. The fourth-order valence-electron chi connectivity index (χ4n) is 3.46. The summed E-state index contributed by atoms with van der Waals surface area (Å²) >= 11 is 0. The van der Waals surface area contributed by atoms with Gasteiger partial charge in [-0.15, -0.1) is 0 Å². The van der Waals surface area contributed by atoms with Crippen molar-refractivity contribution in [2.24, 2.45) is 11.7 Å². The summed E-state index contributed by atoms with van der Waals surface area (Å²) in [6.07, 6.45) is 8.67. The molecule has 1 saturated heterocycles. The molecule has 114 valence electrons. The van der Waals surface area contributed by atoms with Crippen LogP contribution in [-0.2, 0) is 9.59 Å². The van der Waals surface area contributed by atoms with Crippen LogP contribution in [0.25, 0.3) is 0 Å². The summed E-state index contributed by atoms with van der Waals surface area (Å²) in [6, 6.07) is 0.132. The highest BCUT2D eigenvalue weighted by Gasteiger charge is 2.27. The summed E-state index contributed by atoms with van der Waals surface area (Å²) in [7, 11) is 0. The summed E-state index contributed by atoms with van der Waals surface area (Å²) in [6.45, 7) is 1.84.